The molecule has 130 valence electrons. The average Bonchev–Trinajstić information content (AvgIpc) is 2.43. The molecule has 1 rings (SSSR count). The Morgan fingerprint density at radius 1 is 1.26 bits per heavy atom. The van der Waals surface area contributed by atoms with Crippen LogP contribution in [0.1, 0.15) is 5.56 Å². The highest BCUT2D eigenvalue weighted by molar-refractivity contribution is 7.89. The molecule has 23 heavy (non-hydrogen) atoms. The molecule has 0 saturated heterocycles. The van der Waals surface area contributed by atoms with Crippen molar-refractivity contribution < 1.29 is 36.2 Å². The van der Waals surface area contributed by atoms with Crippen molar-refractivity contribution in [1.29, 1.82) is 0 Å². The summed E-state index contributed by atoms with van der Waals surface area (Å²) in [6.07, 6.45) is -4.63. The number of nitrogens with one attached hydrogen (secondary N) is 1. The number of alkyl halides is 3. The quantitative estimate of drug-likeness (QED) is 0.649. The molecule has 0 aliphatic carbocycles. The Labute approximate surface area is 131 Å². The Hall–Kier alpha value is -1.65. The Balaban J connectivity index is 2.56. The van der Waals surface area contributed by atoms with Gasteiger partial charge in [-0.25, -0.2) is 13.1 Å². The van der Waals surface area contributed by atoms with Crippen LogP contribution in [0.5, 0.6) is 0 Å². The highest BCUT2D eigenvalue weighted by Gasteiger charge is 2.28. The van der Waals surface area contributed by atoms with Gasteiger partial charge in [-0.15, -0.1) is 0 Å². The first kappa shape index (κ1) is 19.4. The molecule has 1 atom stereocenters. The Bertz CT molecular complexity index is 604. The van der Waals surface area contributed by atoms with Crippen molar-refractivity contribution in [2.45, 2.75) is 18.6 Å². The van der Waals surface area contributed by atoms with E-state index in [9.17, 15) is 26.4 Å². The van der Waals surface area contributed by atoms with E-state index in [1.165, 1.54) is 0 Å². The molecule has 0 heterocycles. The van der Waals surface area contributed by atoms with Gasteiger partial charge < -0.3 is 9.84 Å². The van der Waals surface area contributed by atoms with Gasteiger partial charge in [0.25, 0.3) is 0 Å². The van der Waals surface area contributed by atoms with Gasteiger partial charge in [-0.1, -0.05) is 30.3 Å². The SMILES string of the molecule is O=C(O)[C@H](Cc1ccccc1)NS(=O)(=O)CCOCC(F)(F)F. The summed E-state index contributed by atoms with van der Waals surface area (Å²) in [5.74, 6) is -2.14. The zero-order valence-electron chi connectivity index (χ0n) is 11.9. The van der Waals surface area contributed by atoms with Crippen LogP contribution in [-0.4, -0.2) is 50.7 Å². The van der Waals surface area contributed by atoms with Gasteiger partial charge in [-0.3, -0.25) is 4.79 Å². The fraction of sp³-hybridized carbons (Fsp3) is 0.462. The molecule has 0 unspecified atom stereocenters. The van der Waals surface area contributed by atoms with Gasteiger partial charge in [-0.05, 0) is 12.0 Å². The standard InChI is InChI=1S/C13H16F3NO5S/c14-13(15,16)9-22-6-7-23(20,21)17-11(12(18)19)8-10-4-2-1-3-5-10/h1-5,11,17H,6-9H2,(H,18,19)/t11-/m0/s1. The average molecular weight is 355 g/mol. The first-order valence-corrected chi connectivity index (χ1v) is 8.15. The molecule has 0 amide bonds. The van der Waals surface area contributed by atoms with E-state index in [1.807, 2.05) is 4.72 Å². The predicted molar refractivity (Wildman–Crippen MR) is 75.4 cm³/mol. The maximum Gasteiger partial charge on any atom is 0.411 e. The summed E-state index contributed by atoms with van der Waals surface area (Å²) in [5, 5.41) is 9.07. The third kappa shape index (κ3) is 8.53. The van der Waals surface area contributed by atoms with E-state index in [2.05, 4.69) is 4.74 Å². The van der Waals surface area contributed by atoms with Gasteiger partial charge >= 0.3 is 12.1 Å². The van der Waals surface area contributed by atoms with Gasteiger partial charge in [-0.2, -0.15) is 13.2 Å². The molecule has 1 aromatic rings. The molecular formula is C13H16F3NO5S. The van der Waals surface area contributed by atoms with Crippen molar-refractivity contribution in [2.75, 3.05) is 19.0 Å². The number of ether oxygens (including phenoxy) is 1. The summed E-state index contributed by atoms with van der Waals surface area (Å²) in [7, 11) is -4.09. The number of hydrogen-bond donors (Lipinski definition) is 2. The predicted octanol–water partition coefficient (Wildman–Crippen LogP) is 1.18. The van der Waals surface area contributed by atoms with Crippen LogP contribution in [0.4, 0.5) is 13.2 Å². The van der Waals surface area contributed by atoms with Crippen LogP contribution in [0.25, 0.3) is 0 Å². The number of rotatable bonds is 9. The largest absolute Gasteiger partial charge is 0.480 e. The van der Waals surface area contributed by atoms with E-state index in [1.54, 1.807) is 30.3 Å². The van der Waals surface area contributed by atoms with Crippen LogP contribution in [0.15, 0.2) is 30.3 Å². The molecule has 1 aromatic carbocycles. The second kappa shape index (κ2) is 8.27. The van der Waals surface area contributed by atoms with Crippen molar-refractivity contribution >= 4 is 16.0 Å². The Morgan fingerprint density at radius 2 is 1.87 bits per heavy atom. The summed E-state index contributed by atoms with van der Waals surface area (Å²) in [4.78, 5) is 11.1. The fourth-order valence-corrected chi connectivity index (χ4v) is 2.73. The highest BCUT2D eigenvalue weighted by Crippen LogP contribution is 2.14. The van der Waals surface area contributed by atoms with Gasteiger partial charge in [0, 0.05) is 0 Å². The lowest BCUT2D eigenvalue weighted by Gasteiger charge is -2.15. The molecule has 0 aliphatic heterocycles. The molecule has 0 fully saturated rings. The molecule has 0 aliphatic rings. The van der Waals surface area contributed by atoms with Crippen molar-refractivity contribution in [3.05, 3.63) is 35.9 Å². The number of carbonyl (C=O) groups is 1. The van der Waals surface area contributed by atoms with Crippen LogP contribution >= 0.6 is 0 Å². The molecule has 0 spiro atoms. The second-order valence-corrected chi connectivity index (χ2v) is 6.56. The topological polar surface area (TPSA) is 92.7 Å². The third-order valence-electron chi connectivity index (χ3n) is 2.66. The second-order valence-electron chi connectivity index (χ2n) is 4.69. The molecule has 2 N–H and O–H groups in total. The maximum atomic E-state index is 11.9. The number of hydrogen-bond acceptors (Lipinski definition) is 4. The van der Waals surface area contributed by atoms with Gasteiger partial charge in [0.05, 0.1) is 12.4 Å². The summed E-state index contributed by atoms with van der Waals surface area (Å²) in [6.45, 7) is -2.25. The normalized spacial score (nSPS) is 13.7. The van der Waals surface area contributed by atoms with Crippen molar-refractivity contribution in [3.63, 3.8) is 0 Å². The number of benzene rings is 1. The lowest BCUT2D eigenvalue weighted by Crippen LogP contribution is -2.43. The number of halogens is 3. The summed E-state index contributed by atoms with van der Waals surface area (Å²) in [6, 6.07) is 6.93. The van der Waals surface area contributed by atoms with E-state index in [0.717, 1.165) is 0 Å². The highest BCUT2D eigenvalue weighted by atomic mass is 32.2. The first-order valence-electron chi connectivity index (χ1n) is 6.50. The number of sulfonamides is 1. The van der Waals surface area contributed by atoms with Crippen molar-refractivity contribution in [1.82, 2.24) is 4.72 Å². The van der Waals surface area contributed by atoms with Crippen molar-refractivity contribution in [3.8, 4) is 0 Å². The number of carboxylic acid groups (broad SMARTS) is 1. The summed E-state index contributed by atoms with van der Waals surface area (Å²) in [5.41, 5.74) is 0.607. The van der Waals surface area contributed by atoms with E-state index in [4.69, 9.17) is 5.11 Å². The van der Waals surface area contributed by atoms with Crippen LogP contribution in [0.2, 0.25) is 0 Å². The smallest absolute Gasteiger partial charge is 0.411 e. The lowest BCUT2D eigenvalue weighted by molar-refractivity contribution is -0.172. The third-order valence-corrected chi connectivity index (χ3v) is 4.01. The zero-order valence-corrected chi connectivity index (χ0v) is 12.7. The minimum atomic E-state index is -4.55. The van der Waals surface area contributed by atoms with Crippen LogP contribution < -0.4 is 4.72 Å². The lowest BCUT2D eigenvalue weighted by atomic mass is 10.1. The zero-order chi connectivity index (χ0) is 17.5. The monoisotopic (exact) mass is 355 g/mol. The van der Waals surface area contributed by atoms with Gasteiger partial charge in [0.15, 0.2) is 0 Å². The number of carboxylic acids is 1. The molecular weight excluding hydrogens is 339 g/mol. The first-order chi connectivity index (χ1) is 10.6. The Kier molecular flexibility index (Phi) is 6.98. The fourth-order valence-electron chi connectivity index (χ4n) is 1.66. The van der Waals surface area contributed by atoms with E-state index in [0.29, 0.717) is 5.56 Å². The van der Waals surface area contributed by atoms with Crippen LogP contribution in [0.3, 0.4) is 0 Å². The van der Waals surface area contributed by atoms with Crippen molar-refractivity contribution in [2.24, 2.45) is 0 Å². The number of aliphatic carboxylic acids is 1. The molecule has 0 radical (unpaired) electrons. The van der Waals surface area contributed by atoms with Gasteiger partial charge in [0.2, 0.25) is 10.0 Å². The van der Waals surface area contributed by atoms with E-state index >= 15 is 0 Å². The van der Waals surface area contributed by atoms with Gasteiger partial charge in [0.1, 0.15) is 12.6 Å². The minimum absolute atomic E-state index is 0.0845. The summed E-state index contributed by atoms with van der Waals surface area (Å²) >= 11 is 0. The molecule has 0 bridgehead atoms. The summed E-state index contributed by atoms with van der Waals surface area (Å²) < 4.78 is 65.2. The minimum Gasteiger partial charge on any atom is -0.480 e. The molecule has 0 saturated carbocycles. The maximum absolute atomic E-state index is 11.9. The van der Waals surface area contributed by atoms with E-state index < -0.39 is 47.2 Å². The Morgan fingerprint density at radius 3 is 2.39 bits per heavy atom. The molecule has 0 aromatic heterocycles. The van der Waals surface area contributed by atoms with Crippen LogP contribution in [-0.2, 0) is 26.0 Å². The van der Waals surface area contributed by atoms with E-state index in [-0.39, 0.29) is 6.42 Å². The van der Waals surface area contributed by atoms with Crippen LogP contribution in [0, 0.1) is 0 Å². The molecule has 10 heteroatoms. The molecule has 6 nitrogen and oxygen atoms in total.